The van der Waals surface area contributed by atoms with E-state index in [1.807, 2.05) is 6.92 Å². The summed E-state index contributed by atoms with van der Waals surface area (Å²) in [6, 6.07) is -0.291. The Kier molecular flexibility index (Phi) is 5.88. The monoisotopic (exact) mass is 390 g/mol. The first-order valence-corrected chi connectivity index (χ1v) is 8.77. The van der Waals surface area contributed by atoms with E-state index in [1.54, 1.807) is 25.7 Å². The van der Waals surface area contributed by atoms with Crippen LogP contribution in [0.2, 0.25) is 0 Å². The average molecular weight is 390 g/mol. The molecule has 1 fully saturated rings. The lowest BCUT2D eigenvalue weighted by Crippen LogP contribution is -2.54. The number of halogens is 3. The first-order valence-electron chi connectivity index (χ1n) is 8.77. The van der Waals surface area contributed by atoms with Gasteiger partial charge in [-0.3, -0.25) is 19.2 Å². The van der Waals surface area contributed by atoms with E-state index in [4.69, 9.17) is 5.11 Å². The number of nitrogens with zero attached hydrogens (tertiary/aromatic N) is 3. The van der Waals surface area contributed by atoms with E-state index >= 15 is 0 Å². The highest BCUT2D eigenvalue weighted by molar-refractivity contribution is 5.95. The Morgan fingerprint density at radius 1 is 1.33 bits per heavy atom. The SMILES string of the molecule is CCN(CC(=O)O)C1CC(NC(=O)c2cnn(C(C)(C)C)c2C(F)(F)F)C1. The maximum absolute atomic E-state index is 13.5. The Hall–Kier alpha value is -2.10. The Labute approximate surface area is 155 Å². The third kappa shape index (κ3) is 4.79. The molecule has 1 saturated carbocycles. The normalized spacial score (nSPS) is 20.4. The maximum atomic E-state index is 13.5. The number of hydrogen-bond acceptors (Lipinski definition) is 4. The fraction of sp³-hybridized carbons (Fsp3) is 0.706. The van der Waals surface area contributed by atoms with Gasteiger partial charge >= 0.3 is 12.1 Å². The molecule has 0 spiro atoms. The second-order valence-electron chi connectivity index (χ2n) is 7.74. The topological polar surface area (TPSA) is 87.5 Å². The molecule has 10 heteroatoms. The summed E-state index contributed by atoms with van der Waals surface area (Å²) in [5.41, 5.74) is -2.49. The molecule has 1 amide bonds. The summed E-state index contributed by atoms with van der Waals surface area (Å²) in [5.74, 6) is -1.75. The van der Waals surface area contributed by atoms with Crippen molar-refractivity contribution in [1.29, 1.82) is 0 Å². The van der Waals surface area contributed by atoms with E-state index in [1.165, 1.54) is 0 Å². The van der Waals surface area contributed by atoms with Gasteiger partial charge in [-0.1, -0.05) is 6.92 Å². The van der Waals surface area contributed by atoms with Crippen molar-refractivity contribution in [3.05, 3.63) is 17.5 Å². The van der Waals surface area contributed by atoms with Crippen LogP contribution in [-0.4, -0.2) is 56.8 Å². The fourth-order valence-corrected chi connectivity index (χ4v) is 3.24. The molecule has 2 rings (SSSR count). The number of aromatic nitrogens is 2. The number of nitrogens with one attached hydrogen (secondary N) is 1. The van der Waals surface area contributed by atoms with E-state index < -0.39 is 34.8 Å². The van der Waals surface area contributed by atoms with E-state index in [-0.39, 0.29) is 18.6 Å². The fourth-order valence-electron chi connectivity index (χ4n) is 3.24. The number of carbonyl (C=O) groups is 2. The van der Waals surface area contributed by atoms with Crippen molar-refractivity contribution >= 4 is 11.9 Å². The lowest BCUT2D eigenvalue weighted by Gasteiger charge is -2.42. The number of aliphatic carboxylic acids is 1. The summed E-state index contributed by atoms with van der Waals surface area (Å²) in [5, 5.41) is 15.3. The largest absolute Gasteiger partial charge is 0.480 e. The van der Waals surface area contributed by atoms with Crippen LogP contribution in [0.5, 0.6) is 0 Å². The molecule has 1 heterocycles. The molecule has 0 aromatic carbocycles. The first-order chi connectivity index (χ1) is 12.3. The standard InChI is InChI=1S/C17H25F3N4O3/c1-5-23(9-13(25)26)11-6-10(7-11)22-15(27)12-8-21-24(16(2,3)4)14(12)17(18,19)20/h8,10-11H,5-7,9H2,1-4H3,(H,22,27)(H,25,26). The van der Waals surface area contributed by atoms with Crippen LogP contribution in [0.25, 0.3) is 0 Å². The highest BCUT2D eigenvalue weighted by Crippen LogP contribution is 2.35. The predicted octanol–water partition coefficient (Wildman–Crippen LogP) is 2.32. The number of likely N-dealkylation sites (N-methyl/N-ethyl adjacent to an activating group) is 1. The van der Waals surface area contributed by atoms with Crippen molar-refractivity contribution < 1.29 is 27.9 Å². The van der Waals surface area contributed by atoms with Crippen LogP contribution in [0.3, 0.4) is 0 Å². The third-order valence-electron chi connectivity index (χ3n) is 4.63. The quantitative estimate of drug-likeness (QED) is 0.779. The van der Waals surface area contributed by atoms with Crippen molar-refractivity contribution in [2.45, 2.75) is 64.3 Å². The number of rotatable bonds is 6. The Bertz CT molecular complexity index is 703. The zero-order valence-electron chi connectivity index (χ0n) is 15.8. The average Bonchev–Trinajstić information content (AvgIpc) is 2.93. The summed E-state index contributed by atoms with van der Waals surface area (Å²) >= 11 is 0. The van der Waals surface area contributed by atoms with Crippen LogP contribution in [0.4, 0.5) is 13.2 Å². The van der Waals surface area contributed by atoms with Crippen molar-refractivity contribution in [2.75, 3.05) is 13.1 Å². The van der Waals surface area contributed by atoms with Gasteiger partial charge in [-0.25, -0.2) is 0 Å². The van der Waals surface area contributed by atoms with Gasteiger partial charge in [0.15, 0.2) is 5.69 Å². The van der Waals surface area contributed by atoms with Gasteiger partial charge in [0.05, 0.1) is 23.8 Å². The molecule has 0 aliphatic heterocycles. The second kappa shape index (κ2) is 7.49. The molecule has 0 unspecified atom stereocenters. The van der Waals surface area contributed by atoms with Gasteiger partial charge in [-0.05, 0) is 40.2 Å². The summed E-state index contributed by atoms with van der Waals surface area (Å²) in [6.07, 6.45) is -2.76. The van der Waals surface area contributed by atoms with E-state index in [0.717, 1.165) is 10.9 Å². The molecular formula is C17H25F3N4O3. The smallest absolute Gasteiger partial charge is 0.433 e. The summed E-state index contributed by atoms with van der Waals surface area (Å²) in [7, 11) is 0. The summed E-state index contributed by atoms with van der Waals surface area (Å²) in [4.78, 5) is 25.0. The number of carboxylic acid groups (broad SMARTS) is 1. The molecule has 7 nitrogen and oxygen atoms in total. The Morgan fingerprint density at radius 3 is 2.37 bits per heavy atom. The minimum absolute atomic E-state index is 0.00390. The number of carboxylic acids is 1. The highest BCUT2D eigenvalue weighted by Gasteiger charge is 2.43. The van der Waals surface area contributed by atoms with Crippen molar-refractivity contribution in [3.8, 4) is 0 Å². The van der Waals surface area contributed by atoms with E-state index in [2.05, 4.69) is 10.4 Å². The van der Waals surface area contributed by atoms with E-state index in [0.29, 0.717) is 19.4 Å². The minimum atomic E-state index is -4.71. The number of hydrogen-bond donors (Lipinski definition) is 2. The molecule has 0 radical (unpaired) electrons. The van der Waals surface area contributed by atoms with Crippen LogP contribution in [0, 0.1) is 0 Å². The summed E-state index contributed by atoms with van der Waals surface area (Å²) in [6.45, 7) is 7.03. The molecular weight excluding hydrogens is 365 g/mol. The molecule has 2 N–H and O–H groups in total. The molecule has 0 atom stereocenters. The van der Waals surface area contributed by atoms with Gasteiger partial charge in [0.25, 0.3) is 5.91 Å². The summed E-state index contributed by atoms with van der Waals surface area (Å²) < 4.78 is 41.3. The molecule has 152 valence electrons. The molecule has 0 bridgehead atoms. The zero-order chi connectivity index (χ0) is 20.6. The molecule has 1 aliphatic rings. The van der Waals surface area contributed by atoms with Gasteiger partial charge < -0.3 is 10.4 Å². The Balaban J connectivity index is 2.08. The first kappa shape index (κ1) is 21.2. The predicted molar refractivity (Wildman–Crippen MR) is 91.4 cm³/mol. The van der Waals surface area contributed by atoms with Crippen LogP contribution < -0.4 is 5.32 Å². The molecule has 1 aromatic heterocycles. The van der Waals surface area contributed by atoms with Gasteiger partial charge in [-0.15, -0.1) is 0 Å². The van der Waals surface area contributed by atoms with Crippen LogP contribution in [0.15, 0.2) is 6.20 Å². The van der Waals surface area contributed by atoms with Gasteiger partial charge in [0.1, 0.15) is 0 Å². The molecule has 0 saturated heterocycles. The number of carbonyl (C=O) groups excluding carboxylic acids is 1. The van der Waals surface area contributed by atoms with Gasteiger partial charge in [0.2, 0.25) is 0 Å². The molecule has 1 aromatic rings. The minimum Gasteiger partial charge on any atom is -0.480 e. The second-order valence-corrected chi connectivity index (χ2v) is 7.74. The third-order valence-corrected chi connectivity index (χ3v) is 4.63. The zero-order valence-corrected chi connectivity index (χ0v) is 15.8. The van der Waals surface area contributed by atoms with Gasteiger partial charge in [-0.2, -0.15) is 18.3 Å². The van der Waals surface area contributed by atoms with Crippen molar-refractivity contribution in [3.63, 3.8) is 0 Å². The van der Waals surface area contributed by atoms with Crippen molar-refractivity contribution in [1.82, 2.24) is 20.0 Å². The number of alkyl halides is 3. The van der Waals surface area contributed by atoms with Crippen molar-refractivity contribution in [2.24, 2.45) is 0 Å². The number of amides is 1. The van der Waals surface area contributed by atoms with Crippen LogP contribution in [-0.2, 0) is 16.5 Å². The Morgan fingerprint density at radius 2 is 1.93 bits per heavy atom. The highest BCUT2D eigenvalue weighted by atomic mass is 19.4. The lowest BCUT2D eigenvalue weighted by molar-refractivity contribution is -0.146. The van der Waals surface area contributed by atoms with Gasteiger partial charge in [0, 0.05) is 12.1 Å². The van der Waals surface area contributed by atoms with Crippen LogP contribution >= 0.6 is 0 Å². The molecule has 1 aliphatic carbocycles. The lowest BCUT2D eigenvalue weighted by atomic mass is 9.85. The van der Waals surface area contributed by atoms with Crippen LogP contribution in [0.1, 0.15) is 56.6 Å². The maximum Gasteiger partial charge on any atom is 0.433 e. The molecule has 27 heavy (non-hydrogen) atoms. The van der Waals surface area contributed by atoms with E-state index in [9.17, 15) is 22.8 Å².